The Morgan fingerprint density at radius 2 is 1.84 bits per heavy atom. The van der Waals surface area contributed by atoms with E-state index in [0.717, 1.165) is 22.5 Å². The summed E-state index contributed by atoms with van der Waals surface area (Å²) in [5.74, 6) is 0. The van der Waals surface area contributed by atoms with Crippen molar-refractivity contribution in [3.05, 3.63) is 52.4 Å². The van der Waals surface area contributed by atoms with Crippen molar-refractivity contribution in [2.45, 2.75) is 23.9 Å². The quantitative estimate of drug-likeness (QED) is 0.941. The fourth-order valence-corrected chi connectivity index (χ4v) is 4.92. The van der Waals surface area contributed by atoms with Crippen molar-refractivity contribution in [3.63, 3.8) is 0 Å². The van der Waals surface area contributed by atoms with Gasteiger partial charge in [0.25, 0.3) is 10.0 Å². The molecule has 0 atom stereocenters. The lowest BCUT2D eigenvalue weighted by molar-refractivity contribution is 0.282. The van der Waals surface area contributed by atoms with Crippen LogP contribution in [0.4, 0.5) is 0 Å². The number of benzene rings is 1. The second-order valence-electron chi connectivity index (χ2n) is 4.47. The first-order valence-corrected chi connectivity index (χ1v) is 8.18. The van der Waals surface area contributed by atoms with E-state index in [-0.39, 0.29) is 6.61 Å². The van der Waals surface area contributed by atoms with Gasteiger partial charge in [-0.05, 0) is 28.1 Å². The van der Waals surface area contributed by atoms with Crippen molar-refractivity contribution < 1.29 is 13.5 Å². The number of sulfonamides is 1. The zero-order valence-electron chi connectivity index (χ0n) is 10.1. The molecule has 1 aliphatic rings. The monoisotopic (exact) mass is 295 g/mol. The summed E-state index contributed by atoms with van der Waals surface area (Å²) in [6.07, 6.45) is 0. The molecular weight excluding hydrogens is 282 g/mol. The van der Waals surface area contributed by atoms with Crippen LogP contribution in [0.1, 0.15) is 16.7 Å². The zero-order chi connectivity index (χ0) is 13.5. The standard InChI is InChI=1S/C13H13NO3S2/c15-8-10-5-13(18-9-10)19(16,17)14-6-11-3-1-2-4-12(11)7-14/h1-5,9,15H,6-8H2. The first-order valence-electron chi connectivity index (χ1n) is 5.86. The molecule has 0 amide bonds. The molecule has 19 heavy (non-hydrogen) atoms. The molecule has 0 unspecified atom stereocenters. The Kier molecular flexibility index (Phi) is 3.18. The third-order valence-electron chi connectivity index (χ3n) is 3.22. The van der Waals surface area contributed by atoms with Crippen LogP contribution < -0.4 is 0 Å². The van der Waals surface area contributed by atoms with Gasteiger partial charge in [0, 0.05) is 13.1 Å². The summed E-state index contributed by atoms with van der Waals surface area (Å²) in [6, 6.07) is 9.30. The van der Waals surface area contributed by atoms with Crippen LogP contribution in [0.5, 0.6) is 0 Å². The van der Waals surface area contributed by atoms with E-state index < -0.39 is 10.0 Å². The molecule has 2 aromatic rings. The van der Waals surface area contributed by atoms with Crippen molar-refractivity contribution in [2.75, 3.05) is 0 Å². The van der Waals surface area contributed by atoms with Crippen LogP contribution in [-0.4, -0.2) is 17.8 Å². The molecule has 1 aromatic heterocycles. The summed E-state index contributed by atoms with van der Waals surface area (Å²) in [7, 11) is -3.45. The minimum Gasteiger partial charge on any atom is -0.392 e. The fraction of sp³-hybridized carbons (Fsp3) is 0.231. The van der Waals surface area contributed by atoms with Crippen LogP contribution >= 0.6 is 11.3 Å². The Bertz CT molecular complexity index is 681. The number of rotatable bonds is 3. The third-order valence-corrected chi connectivity index (χ3v) is 6.47. The molecule has 0 spiro atoms. The van der Waals surface area contributed by atoms with E-state index in [4.69, 9.17) is 5.11 Å². The van der Waals surface area contributed by atoms with Crippen molar-refractivity contribution >= 4 is 21.4 Å². The van der Waals surface area contributed by atoms with E-state index in [9.17, 15) is 8.42 Å². The number of aliphatic hydroxyl groups excluding tert-OH is 1. The highest BCUT2D eigenvalue weighted by molar-refractivity contribution is 7.91. The molecule has 0 bridgehead atoms. The molecule has 0 radical (unpaired) electrons. The Morgan fingerprint density at radius 1 is 1.21 bits per heavy atom. The van der Waals surface area contributed by atoms with Gasteiger partial charge < -0.3 is 5.11 Å². The van der Waals surface area contributed by atoms with Gasteiger partial charge in [-0.3, -0.25) is 0 Å². The minimum atomic E-state index is -3.45. The number of fused-ring (bicyclic) bond motifs is 1. The molecule has 0 fully saturated rings. The molecule has 100 valence electrons. The molecule has 0 saturated heterocycles. The fourth-order valence-electron chi connectivity index (χ4n) is 2.17. The number of hydrogen-bond acceptors (Lipinski definition) is 4. The largest absolute Gasteiger partial charge is 0.392 e. The van der Waals surface area contributed by atoms with Gasteiger partial charge in [0.1, 0.15) is 4.21 Å². The van der Waals surface area contributed by atoms with Crippen LogP contribution in [-0.2, 0) is 29.7 Å². The van der Waals surface area contributed by atoms with Gasteiger partial charge in [-0.2, -0.15) is 4.31 Å². The maximum absolute atomic E-state index is 12.5. The van der Waals surface area contributed by atoms with Crippen LogP contribution in [0.15, 0.2) is 39.9 Å². The van der Waals surface area contributed by atoms with E-state index in [1.807, 2.05) is 24.3 Å². The highest BCUT2D eigenvalue weighted by Gasteiger charge is 2.31. The Balaban J connectivity index is 1.91. The maximum atomic E-state index is 12.5. The average molecular weight is 295 g/mol. The van der Waals surface area contributed by atoms with Crippen molar-refractivity contribution in [1.29, 1.82) is 0 Å². The van der Waals surface area contributed by atoms with Gasteiger partial charge >= 0.3 is 0 Å². The normalized spacial score (nSPS) is 15.6. The minimum absolute atomic E-state index is 0.133. The molecule has 3 rings (SSSR count). The predicted molar refractivity (Wildman–Crippen MR) is 73.1 cm³/mol. The van der Waals surface area contributed by atoms with E-state index in [1.165, 1.54) is 4.31 Å². The Hall–Kier alpha value is -1.21. The van der Waals surface area contributed by atoms with Gasteiger partial charge in [0.15, 0.2) is 0 Å². The summed E-state index contributed by atoms with van der Waals surface area (Å²) in [5, 5.41) is 10.7. The molecular formula is C13H13NO3S2. The lowest BCUT2D eigenvalue weighted by Crippen LogP contribution is -2.24. The zero-order valence-corrected chi connectivity index (χ0v) is 11.7. The maximum Gasteiger partial charge on any atom is 0.253 e. The topological polar surface area (TPSA) is 57.6 Å². The molecule has 6 heteroatoms. The van der Waals surface area contributed by atoms with Gasteiger partial charge in [-0.15, -0.1) is 11.3 Å². The SMILES string of the molecule is O=S(=O)(c1cc(CO)cs1)N1Cc2ccccc2C1. The first kappa shape index (κ1) is 12.8. The first-order chi connectivity index (χ1) is 9.11. The Labute approximate surface area is 116 Å². The predicted octanol–water partition coefficient (Wildman–Crippen LogP) is 1.94. The van der Waals surface area contributed by atoms with E-state index in [0.29, 0.717) is 22.9 Å². The third kappa shape index (κ3) is 2.21. The van der Waals surface area contributed by atoms with Crippen molar-refractivity contribution in [2.24, 2.45) is 0 Å². The molecule has 2 heterocycles. The molecule has 0 aliphatic carbocycles. The average Bonchev–Trinajstić information content (AvgIpc) is 3.05. The van der Waals surface area contributed by atoms with E-state index in [2.05, 4.69) is 0 Å². The van der Waals surface area contributed by atoms with Crippen LogP contribution in [0, 0.1) is 0 Å². The highest BCUT2D eigenvalue weighted by Crippen LogP contribution is 2.31. The number of thiophene rings is 1. The van der Waals surface area contributed by atoms with Gasteiger partial charge in [0.05, 0.1) is 6.61 Å². The van der Waals surface area contributed by atoms with Crippen molar-refractivity contribution in [3.8, 4) is 0 Å². The van der Waals surface area contributed by atoms with E-state index >= 15 is 0 Å². The summed E-state index contributed by atoms with van der Waals surface area (Å²) in [4.78, 5) is 0. The molecule has 4 nitrogen and oxygen atoms in total. The van der Waals surface area contributed by atoms with Gasteiger partial charge in [-0.25, -0.2) is 8.42 Å². The summed E-state index contributed by atoms with van der Waals surface area (Å²) in [5.41, 5.74) is 2.76. The second-order valence-corrected chi connectivity index (χ2v) is 7.55. The lowest BCUT2D eigenvalue weighted by atomic mass is 10.1. The molecule has 0 saturated carbocycles. The van der Waals surface area contributed by atoms with Gasteiger partial charge in [0.2, 0.25) is 0 Å². The summed E-state index contributed by atoms with van der Waals surface area (Å²) >= 11 is 1.16. The van der Waals surface area contributed by atoms with Crippen LogP contribution in [0.2, 0.25) is 0 Å². The molecule has 1 aromatic carbocycles. The smallest absolute Gasteiger partial charge is 0.253 e. The van der Waals surface area contributed by atoms with E-state index in [1.54, 1.807) is 11.4 Å². The van der Waals surface area contributed by atoms with Gasteiger partial charge in [-0.1, -0.05) is 24.3 Å². The lowest BCUT2D eigenvalue weighted by Gasteiger charge is -2.13. The van der Waals surface area contributed by atoms with Crippen molar-refractivity contribution in [1.82, 2.24) is 4.31 Å². The summed E-state index contributed by atoms with van der Waals surface area (Å²) < 4.78 is 26.7. The summed E-state index contributed by atoms with van der Waals surface area (Å²) in [6.45, 7) is 0.710. The highest BCUT2D eigenvalue weighted by atomic mass is 32.2. The second kappa shape index (κ2) is 4.72. The van der Waals surface area contributed by atoms with Crippen LogP contribution in [0.3, 0.4) is 0 Å². The molecule has 1 N–H and O–H groups in total. The van der Waals surface area contributed by atoms with Crippen LogP contribution in [0.25, 0.3) is 0 Å². The number of hydrogen-bond donors (Lipinski definition) is 1. The molecule has 1 aliphatic heterocycles. The number of nitrogens with zero attached hydrogens (tertiary/aromatic N) is 1. The number of aliphatic hydroxyl groups is 1. The Morgan fingerprint density at radius 3 is 2.37 bits per heavy atom.